The first-order chi connectivity index (χ1) is 8.56. The molecule has 18 heavy (non-hydrogen) atoms. The molecule has 0 aliphatic heterocycles. The van der Waals surface area contributed by atoms with Gasteiger partial charge < -0.3 is 5.32 Å². The Balaban J connectivity index is 2.19. The summed E-state index contributed by atoms with van der Waals surface area (Å²) in [5.41, 5.74) is 0.369. The van der Waals surface area contributed by atoms with E-state index < -0.39 is 0 Å². The van der Waals surface area contributed by atoms with Crippen molar-refractivity contribution in [3.8, 4) is 0 Å². The van der Waals surface area contributed by atoms with Crippen molar-refractivity contribution in [3.63, 3.8) is 0 Å². The van der Waals surface area contributed by atoms with Gasteiger partial charge in [-0.1, -0.05) is 11.6 Å². The molecule has 1 heterocycles. The van der Waals surface area contributed by atoms with E-state index in [0.717, 1.165) is 0 Å². The molecule has 1 amide bonds. The van der Waals surface area contributed by atoms with E-state index in [1.807, 2.05) is 22.6 Å². The number of hydrogen-bond acceptors (Lipinski definition) is 3. The molecule has 0 aliphatic carbocycles. The van der Waals surface area contributed by atoms with Gasteiger partial charge in [0.05, 0.1) is 18.0 Å². The van der Waals surface area contributed by atoms with Crippen LogP contribution in [0.4, 0.5) is 10.2 Å². The average molecular weight is 378 g/mol. The number of hydrogen-bond donors (Lipinski definition) is 1. The van der Waals surface area contributed by atoms with Gasteiger partial charge in [-0.3, -0.25) is 4.79 Å². The van der Waals surface area contributed by atoms with E-state index in [-0.39, 0.29) is 22.7 Å². The Bertz CT molecular complexity index is 591. The van der Waals surface area contributed by atoms with Gasteiger partial charge in [-0.15, -0.1) is 0 Å². The first-order valence-electron chi connectivity index (χ1n) is 4.80. The van der Waals surface area contributed by atoms with Crippen molar-refractivity contribution in [1.29, 1.82) is 0 Å². The van der Waals surface area contributed by atoms with Crippen molar-refractivity contribution < 1.29 is 9.18 Å². The normalized spacial score (nSPS) is 10.2. The first kappa shape index (κ1) is 13.2. The molecular weight excluding hydrogens is 371 g/mol. The third kappa shape index (κ3) is 3.14. The van der Waals surface area contributed by atoms with Crippen molar-refractivity contribution in [1.82, 2.24) is 9.97 Å². The van der Waals surface area contributed by atoms with Crippen molar-refractivity contribution in [2.75, 3.05) is 5.32 Å². The summed E-state index contributed by atoms with van der Waals surface area (Å²) in [5.74, 6) is -0.484. The number of rotatable bonds is 2. The summed E-state index contributed by atoms with van der Waals surface area (Å²) in [7, 11) is 0. The number of nitrogens with zero attached hydrogens (tertiary/aromatic N) is 2. The third-order valence-electron chi connectivity index (χ3n) is 2.04. The minimum absolute atomic E-state index is 0.240. The molecule has 0 atom stereocenters. The molecule has 0 saturated heterocycles. The van der Waals surface area contributed by atoms with E-state index in [4.69, 9.17) is 11.6 Å². The second kappa shape index (κ2) is 5.57. The highest BCUT2D eigenvalue weighted by atomic mass is 127. The standard InChI is InChI=1S/C11H6ClFIN3O/c12-9-4-16-10(5-15-9)17-11(18)7-2-1-6(13)3-8(7)14/h1-5H,(H,16,17,18). The zero-order chi connectivity index (χ0) is 13.1. The lowest BCUT2D eigenvalue weighted by molar-refractivity contribution is 0.102. The summed E-state index contributed by atoms with van der Waals surface area (Å²) in [6.45, 7) is 0. The summed E-state index contributed by atoms with van der Waals surface area (Å²) in [4.78, 5) is 19.6. The average Bonchev–Trinajstić information content (AvgIpc) is 2.32. The Hall–Kier alpha value is -1.28. The number of carbonyl (C=O) groups excluding carboxylic acids is 1. The Morgan fingerprint density at radius 1 is 1.33 bits per heavy atom. The molecule has 1 N–H and O–H groups in total. The first-order valence-corrected chi connectivity index (χ1v) is 6.26. The number of amides is 1. The van der Waals surface area contributed by atoms with Gasteiger partial charge in [0.25, 0.3) is 5.91 Å². The largest absolute Gasteiger partial charge is 0.305 e. The van der Waals surface area contributed by atoms with Crippen LogP contribution in [0.2, 0.25) is 5.15 Å². The topological polar surface area (TPSA) is 54.9 Å². The molecule has 7 heteroatoms. The fourth-order valence-corrected chi connectivity index (χ4v) is 2.05. The molecular formula is C11H6ClFIN3O. The Kier molecular flexibility index (Phi) is 4.07. The maximum Gasteiger partial charge on any atom is 0.257 e. The van der Waals surface area contributed by atoms with Gasteiger partial charge in [-0.05, 0) is 40.8 Å². The Morgan fingerprint density at radius 2 is 2.11 bits per heavy atom. The molecule has 4 nitrogen and oxygen atoms in total. The van der Waals surface area contributed by atoms with Crippen molar-refractivity contribution in [3.05, 3.63) is 50.7 Å². The van der Waals surface area contributed by atoms with Crippen molar-refractivity contribution in [2.45, 2.75) is 0 Å². The Morgan fingerprint density at radius 3 is 2.72 bits per heavy atom. The zero-order valence-electron chi connectivity index (χ0n) is 8.82. The zero-order valence-corrected chi connectivity index (χ0v) is 11.7. The van der Waals surface area contributed by atoms with Crippen LogP contribution in [0.1, 0.15) is 10.4 Å². The van der Waals surface area contributed by atoms with Gasteiger partial charge in [0.15, 0.2) is 5.82 Å². The number of anilines is 1. The van der Waals surface area contributed by atoms with Crippen LogP contribution < -0.4 is 5.32 Å². The molecule has 0 bridgehead atoms. The van der Waals surface area contributed by atoms with Gasteiger partial charge in [0, 0.05) is 3.57 Å². The fourth-order valence-electron chi connectivity index (χ4n) is 1.23. The van der Waals surface area contributed by atoms with E-state index in [1.54, 1.807) is 0 Å². The lowest BCUT2D eigenvalue weighted by Gasteiger charge is -2.05. The van der Waals surface area contributed by atoms with Crippen LogP contribution in [-0.4, -0.2) is 15.9 Å². The third-order valence-corrected chi connectivity index (χ3v) is 3.13. The van der Waals surface area contributed by atoms with Crippen molar-refractivity contribution >= 4 is 45.9 Å². The highest BCUT2D eigenvalue weighted by molar-refractivity contribution is 14.1. The van der Waals surface area contributed by atoms with Crippen LogP contribution >= 0.6 is 34.2 Å². The van der Waals surface area contributed by atoms with E-state index >= 15 is 0 Å². The van der Waals surface area contributed by atoms with Gasteiger partial charge >= 0.3 is 0 Å². The molecule has 2 aromatic rings. The minimum Gasteiger partial charge on any atom is -0.305 e. The smallest absolute Gasteiger partial charge is 0.257 e. The highest BCUT2D eigenvalue weighted by Crippen LogP contribution is 2.15. The van der Waals surface area contributed by atoms with Crippen molar-refractivity contribution in [2.24, 2.45) is 0 Å². The predicted octanol–water partition coefficient (Wildman–Crippen LogP) is 3.13. The number of aromatic nitrogens is 2. The molecule has 0 radical (unpaired) electrons. The lowest BCUT2D eigenvalue weighted by atomic mass is 10.2. The fraction of sp³-hybridized carbons (Fsp3) is 0. The maximum absolute atomic E-state index is 12.9. The second-order valence-electron chi connectivity index (χ2n) is 3.30. The lowest BCUT2D eigenvalue weighted by Crippen LogP contribution is -2.14. The minimum atomic E-state index is -0.387. The van der Waals surface area contributed by atoms with Crippen LogP contribution in [0.15, 0.2) is 30.6 Å². The van der Waals surface area contributed by atoms with E-state index in [9.17, 15) is 9.18 Å². The van der Waals surface area contributed by atoms with Gasteiger partial charge in [0.2, 0.25) is 0 Å². The van der Waals surface area contributed by atoms with Crippen LogP contribution in [0.25, 0.3) is 0 Å². The van der Waals surface area contributed by atoms with E-state index in [2.05, 4.69) is 15.3 Å². The summed E-state index contributed by atoms with van der Waals surface area (Å²) in [6.07, 6.45) is 2.67. The molecule has 0 aliphatic rings. The van der Waals surface area contributed by atoms with Gasteiger partial charge in [0.1, 0.15) is 11.0 Å². The number of benzene rings is 1. The van der Waals surface area contributed by atoms with Gasteiger partial charge in [-0.25, -0.2) is 14.4 Å². The number of nitrogens with one attached hydrogen (secondary N) is 1. The van der Waals surface area contributed by atoms with Gasteiger partial charge in [-0.2, -0.15) is 0 Å². The summed E-state index contributed by atoms with van der Waals surface area (Å²) < 4.78 is 13.4. The molecule has 0 saturated carbocycles. The second-order valence-corrected chi connectivity index (χ2v) is 4.85. The summed E-state index contributed by atoms with van der Waals surface area (Å²) in [6, 6.07) is 3.92. The molecule has 2 rings (SSSR count). The SMILES string of the molecule is O=C(Nc1cnc(Cl)cn1)c1ccc(F)cc1I. The van der Waals surface area contributed by atoms with E-state index in [0.29, 0.717) is 9.13 Å². The summed E-state index contributed by atoms with van der Waals surface area (Å²) >= 11 is 7.47. The highest BCUT2D eigenvalue weighted by Gasteiger charge is 2.11. The summed E-state index contributed by atoms with van der Waals surface area (Å²) in [5, 5.41) is 2.79. The van der Waals surface area contributed by atoms with Crippen LogP contribution in [-0.2, 0) is 0 Å². The molecule has 1 aromatic carbocycles. The predicted molar refractivity (Wildman–Crippen MR) is 74.1 cm³/mol. The Labute approximate surface area is 121 Å². The quantitative estimate of drug-likeness (QED) is 0.818. The van der Waals surface area contributed by atoms with Crippen LogP contribution in [0.5, 0.6) is 0 Å². The molecule has 0 fully saturated rings. The van der Waals surface area contributed by atoms with E-state index in [1.165, 1.54) is 30.6 Å². The van der Waals surface area contributed by atoms with Crippen LogP contribution in [0, 0.1) is 9.39 Å². The number of halogens is 3. The molecule has 1 aromatic heterocycles. The number of carbonyl (C=O) groups is 1. The monoisotopic (exact) mass is 377 g/mol. The van der Waals surface area contributed by atoms with Crippen LogP contribution in [0.3, 0.4) is 0 Å². The molecule has 92 valence electrons. The molecule has 0 unspecified atom stereocenters. The maximum atomic E-state index is 12.9. The molecule has 0 spiro atoms.